The Bertz CT molecular complexity index is 961. The second kappa shape index (κ2) is 9.46. The first-order valence-corrected chi connectivity index (χ1v) is 12.3. The SMILES string of the molecule is CCCc1cc(N2CCC(N(CC3CC3)CC3CC3)C2)nc(Nc2cccc(C#N)c2)n1. The largest absolute Gasteiger partial charge is 0.355 e. The molecule has 6 heteroatoms. The number of nitrogens with one attached hydrogen (secondary N) is 1. The molecular formula is C26H34N6. The highest BCUT2D eigenvalue weighted by molar-refractivity contribution is 5.58. The summed E-state index contributed by atoms with van der Waals surface area (Å²) in [5.41, 5.74) is 2.56. The summed E-state index contributed by atoms with van der Waals surface area (Å²) in [6.45, 7) is 6.89. The Morgan fingerprint density at radius 3 is 2.56 bits per heavy atom. The van der Waals surface area contributed by atoms with Crippen LogP contribution in [0.4, 0.5) is 17.5 Å². The fourth-order valence-electron chi connectivity index (χ4n) is 4.77. The summed E-state index contributed by atoms with van der Waals surface area (Å²) < 4.78 is 0. The quantitative estimate of drug-likeness (QED) is 0.587. The van der Waals surface area contributed by atoms with E-state index in [1.54, 1.807) is 0 Å². The second-order valence-corrected chi connectivity index (χ2v) is 9.84. The van der Waals surface area contributed by atoms with Gasteiger partial charge in [-0.25, -0.2) is 4.98 Å². The maximum absolute atomic E-state index is 9.20. The minimum atomic E-state index is 0.623. The lowest BCUT2D eigenvalue weighted by atomic mass is 10.2. The summed E-state index contributed by atoms with van der Waals surface area (Å²) in [7, 11) is 0. The van der Waals surface area contributed by atoms with Gasteiger partial charge in [0.15, 0.2) is 0 Å². The lowest BCUT2D eigenvalue weighted by molar-refractivity contribution is 0.192. The molecule has 2 saturated carbocycles. The van der Waals surface area contributed by atoms with E-state index >= 15 is 0 Å². The average Bonchev–Trinajstić information content (AvgIpc) is 3.74. The molecule has 1 aromatic heterocycles. The zero-order chi connectivity index (χ0) is 21.9. The summed E-state index contributed by atoms with van der Waals surface area (Å²) >= 11 is 0. The number of aromatic nitrogens is 2. The summed E-state index contributed by atoms with van der Waals surface area (Å²) in [4.78, 5) is 14.9. The maximum atomic E-state index is 9.20. The van der Waals surface area contributed by atoms with Crippen LogP contribution in [-0.2, 0) is 6.42 Å². The molecule has 0 spiro atoms. The van der Waals surface area contributed by atoms with Crippen LogP contribution in [0.15, 0.2) is 30.3 Å². The molecule has 168 valence electrons. The second-order valence-electron chi connectivity index (χ2n) is 9.84. The van der Waals surface area contributed by atoms with Crippen molar-refractivity contribution in [3.05, 3.63) is 41.6 Å². The van der Waals surface area contributed by atoms with Gasteiger partial charge in [0.1, 0.15) is 5.82 Å². The Balaban J connectivity index is 1.32. The van der Waals surface area contributed by atoms with E-state index < -0.39 is 0 Å². The van der Waals surface area contributed by atoms with Gasteiger partial charge in [-0.2, -0.15) is 10.2 Å². The Labute approximate surface area is 191 Å². The molecule has 3 aliphatic rings. The first-order valence-electron chi connectivity index (χ1n) is 12.3. The van der Waals surface area contributed by atoms with Crippen molar-refractivity contribution in [3.8, 4) is 6.07 Å². The van der Waals surface area contributed by atoms with Crippen LogP contribution in [0.2, 0.25) is 0 Å². The van der Waals surface area contributed by atoms with Crippen LogP contribution in [0.25, 0.3) is 0 Å². The zero-order valence-electron chi connectivity index (χ0n) is 19.1. The van der Waals surface area contributed by atoms with Crippen LogP contribution in [0.3, 0.4) is 0 Å². The predicted molar refractivity (Wildman–Crippen MR) is 128 cm³/mol. The van der Waals surface area contributed by atoms with Crippen molar-refractivity contribution >= 4 is 17.5 Å². The van der Waals surface area contributed by atoms with Crippen LogP contribution in [0.5, 0.6) is 0 Å². The van der Waals surface area contributed by atoms with Crippen molar-refractivity contribution in [2.24, 2.45) is 11.8 Å². The third-order valence-corrected chi connectivity index (χ3v) is 6.90. The number of benzene rings is 1. The third kappa shape index (κ3) is 5.39. The topological polar surface area (TPSA) is 68.1 Å². The molecule has 3 fully saturated rings. The van der Waals surface area contributed by atoms with Crippen LogP contribution < -0.4 is 10.2 Å². The average molecular weight is 431 g/mol. The van der Waals surface area contributed by atoms with Gasteiger partial charge in [-0.05, 0) is 68.6 Å². The third-order valence-electron chi connectivity index (χ3n) is 6.90. The smallest absolute Gasteiger partial charge is 0.229 e. The van der Waals surface area contributed by atoms with Crippen molar-refractivity contribution in [2.75, 3.05) is 36.4 Å². The van der Waals surface area contributed by atoms with Crippen LogP contribution in [0, 0.1) is 23.2 Å². The lowest BCUT2D eigenvalue weighted by Gasteiger charge is -2.29. The van der Waals surface area contributed by atoms with Crippen LogP contribution in [0.1, 0.15) is 56.7 Å². The number of nitrogens with zero attached hydrogens (tertiary/aromatic N) is 5. The van der Waals surface area contributed by atoms with Crippen LogP contribution in [-0.4, -0.2) is 47.1 Å². The zero-order valence-corrected chi connectivity index (χ0v) is 19.1. The Morgan fingerprint density at radius 1 is 1.09 bits per heavy atom. The molecule has 1 aromatic carbocycles. The number of aryl methyl sites for hydroxylation is 1. The van der Waals surface area contributed by atoms with Gasteiger partial charge < -0.3 is 10.2 Å². The van der Waals surface area contributed by atoms with E-state index in [1.165, 1.54) is 45.2 Å². The molecule has 1 saturated heterocycles. The summed E-state index contributed by atoms with van der Waals surface area (Å²) in [5.74, 6) is 3.54. The van der Waals surface area contributed by atoms with E-state index in [0.29, 0.717) is 17.6 Å². The molecule has 0 radical (unpaired) electrons. The minimum Gasteiger partial charge on any atom is -0.355 e. The molecule has 0 amide bonds. The fourth-order valence-corrected chi connectivity index (χ4v) is 4.77. The highest BCUT2D eigenvalue weighted by atomic mass is 15.3. The summed E-state index contributed by atoms with van der Waals surface area (Å²) in [6, 6.07) is 12.5. The van der Waals surface area contributed by atoms with Gasteiger partial charge in [0.25, 0.3) is 0 Å². The fraction of sp³-hybridized carbons (Fsp3) is 0.577. The minimum absolute atomic E-state index is 0.623. The van der Waals surface area contributed by atoms with Gasteiger partial charge >= 0.3 is 0 Å². The molecule has 0 bridgehead atoms. The molecule has 1 aliphatic heterocycles. The molecule has 1 N–H and O–H groups in total. The predicted octanol–water partition coefficient (Wildman–Crippen LogP) is 4.75. The normalized spacial score (nSPS) is 20.5. The standard InChI is InChI=1S/C26H34N6/c1-2-4-22-14-25(30-26(28-22)29-23-6-3-5-21(13-23)15-27)31-12-11-24(18-31)32(16-19-7-8-19)17-20-9-10-20/h3,5-6,13-14,19-20,24H,2,4,7-12,16-18H2,1H3,(H,28,29,30). The van der Waals surface area contributed by atoms with Crippen molar-refractivity contribution in [1.82, 2.24) is 14.9 Å². The molecule has 1 unspecified atom stereocenters. The summed E-state index contributed by atoms with van der Waals surface area (Å²) in [6.07, 6.45) is 8.91. The molecule has 1 atom stereocenters. The van der Waals surface area contributed by atoms with Gasteiger partial charge in [0, 0.05) is 49.7 Å². The first-order chi connectivity index (χ1) is 15.7. The maximum Gasteiger partial charge on any atom is 0.229 e. The van der Waals surface area contributed by atoms with Crippen molar-refractivity contribution < 1.29 is 0 Å². The van der Waals surface area contributed by atoms with Gasteiger partial charge in [0.2, 0.25) is 5.95 Å². The van der Waals surface area contributed by atoms with E-state index in [0.717, 1.165) is 55.0 Å². The number of hydrogen-bond acceptors (Lipinski definition) is 6. The van der Waals surface area contributed by atoms with E-state index in [9.17, 15) is 5.26 Å². The van der Waals surface area contributed by atoms with E-state index in [4.69, 9.17) is 9.97 Å². The number of hydrogen-bond donors (Lipinski definition) is 1. The highest BCUT2D eigenvalue weighted by Crippen LogP contribution is 2.36. The molecule has 2 aromatic rings. The summed E-state index contributed by atoms with van der Waals surface area (Å²) in [5, 5.41) is 12.5. The van der Waals surface area contributed by atoms with E-state index in [1.807, 2.05) is 24.3 Å². The van der Waals surface area contributed by atoms with Gasteiger partial charge in [-0.15, -0.1) is 0 Å². The van der Waals surface area contributed by atoms with Gasteiger partial charge in [-0.3, -0.25) is 4.90 Å². The molecule has 2 heterocycles. The molecule has 2 aliphatic carbocycles. The number of nitriles is 1. The monoisotopic (exact) mass is 430 g/mol. The molecular weight excluding hydrogens is 396 g/mol. The lowest BCUT2D eigenvalue weighted by Crippen LogP contribution is -2.40. The number of anilines is 3. The van der Waals surface area contributed by atoms with Gasteiger partial charge in [0.05, 0.1) is 11.6 Å². The van der Waals surface area contributed by atoms with Crippen LogP contribution >= 0.6 is 0 Å². The van der Waals surface area contributed by atoms with Gasteiger partial charge in [-0.1, -0.05) is 19.4 Å². The molecule has 6 nitrogen and oxygen atoms in total. The first kappa shape index (κ1) is 21.2. The van der Waals surface area contributed by atoms with E-state index in [-0.39, 0.29) is 0 Å². The molecule has 5 rings (SSSR count). The molecule has 32 heavy (non-hydrogen) atoms. The van der Waals surface area contributed by atoms with E-state index in [2.05, 4.69) is 34.2 Å². The van der Waals surface area contributed by atoms with Crippen molar-refractivity contribution in [3.63, 3.8) is 0 Å². The Hall–Kier alpha value is -2.65. The Morgan fingerprint density at radius 2 is 1.88 bits per heavy atom. The highest BCUT2D eigenvalue weighted by Gasteiger charge is 2.35. The van der Waals surface area contributed by atoms with Crippen molar-refractivity contribution in [1.29, 1.82) is 5.26 Å². The Kier molecular flexibility index (Phi) is 6.27. The van der Waals surface area contributed by atoms with Crippen molar-refractivity contribution in [2.45, 2.75) is 57.9 Å². The number of rotatable bonds is 10.